The van der Waals surface area contributed by atoms with E-state index in [1.165, 1.54) is 29.5 Å². The number of hydrogen-bond donors (Lipinski definition) is 0. The fourth-order valence-electron chi connectivity index (χ4n) is 1.25. The van der Waals surface area contributed by atoms with Crippen molar-refractivity contribution in [1.29, 1.82) is 0 Å². The average Bonchev–Trinajstić information content (AvgIpc) is 2.30. The third-order valence-electron chi connectivity index (χ3n) is 2.11. The van der Waals surface area contributed by atoms with E-state index >= 15 is 0 Å². The van der Waals surface area contributed by atoms with Crippen LogP contribution < -0.4 is 0 Å². The van der Waals surface area contributed by atoms with Gasteiger partial charge in [-0.25, -0.2) is 0 Å². The van der Waals surface area contributed by atoms with E-state index in [0.717, 1.165) is 0 Å². The molecule has 1 aromatic carbocycles. The minimum atomic E-state index is 1.21. The molecular formula is C15H28. The SMILES string of the molecule is CC.CC.CCCc1ccc(C)c(C)c1. The molecule has 0 saturated carbocycles. The van der Waals surface area contributed by atoms with Crippen LogP contribution >= 0.6 is 0 Å². The van der Waals surface area contributed by atoms with Gasteiger partial charge in [-0.15, -0.1) is 0 Å². The second-order valence-electron chi connectivity index (χ2n) is 3.17. The topological polar surface area (TPSA) is 0 Å². The largest absolute Gasteiger partial charge is 0.0683 e. The molecule has 0 N–H and O–H groups in total. The highest BCUT2D eigenvalue weighted by atomic mass is 14.0. The maximum Gasteiger partial charge on any atom is -0.0281 e. The molecule has 0 aliphatic heterocycles. The van der Waals surface area contributed by atoms with E-state index in [1.54, 1.807) is 0 Å². The first-order valence-corrected chi connectivity index (χ1v) is 6.30. The summed E-state index contributed by atoms with van der Waals surface area (Å²) in [6.07, 6.45) is 2.45. The molecule has 0 bridgehead atoms. The summed E-state index contributed by atoms with van der Waals surface area (Å²) in [4.78, 5) is 0. The molecule has 0 atom stereocenters. The van der Waals surface area contributed by atoms with Crippen molar-refractivity contribution in [2.75, 3.05) is 0 Å². The number of hydrogen-bond acceptors (Lipinski definition) is 0. The molecule has 0 saturated heterocycles. The van der Waals surface area contributed by atoms with Crippen LogP contribution in [0.15, 0.2) is 18.2 Å². The van der Waals surface area contributed by atoms with Gasteiger partial charge >= 0.3 is 0 Å². The van der Waals surface area contributed by atoms with Gasteiger partial charge in [-0.3, -0.25) is 0 Å². The van der Waals surface area contributed by atoms with E-state index in [9.17, 15) is 0 Å². The average molecular weight is 208 g/mol. The third kappa shape index (κ3) is 7.18. The quantitative estimate of drug-likeness (QED) is 0.618. The van der Waals surface area contributed by atoms with Gasteiger partial charge < -0.3 is 0 Å². The van der Waals surface area contributed by atoms with Crippen LogP contribution in [-0.2, 0) is 6.42 Å². The highest BCUT2D eigenvalue weighted by molar-refractivity contribution is 5.29. The molecule has 0 fully saturated rings. The lowest BCUT2D eigenvalue weighted by molar-refractivity contribution is 0.919. The lowest BCUT2D eigenvalue weighted by Crippen LogP contribution is -1.86. The van der Waals surface area contributed by atoms with E-state index in [-0.39, 0.29) is 0 Å². The van der Waals surface area contributed by atoms with Gasteiger partial charge in [0.05, 0.1) is 0 Å². The highest BCUT2D eigenvalue weighted by Gasteiger charge is 1.93. The number of benzene rings is 1. The van der Waals surface area contributed by atoms with Crippen molar-refractivity contribution >= 4 is 0 Å². The predicted molar refractivity (Wildman–Crippen MR) is 72.6 cm³/mol. The maximum atomic E-state index is 2.29. The summed E-state index contributed by atoms with van der Waals surface area (Å²) >= 11 is 0. The summed E-state index contributed by atoms with van der Waals surface area (Å²) in [7, 11) is 0. The molecule has 0 radical (unpaired) electrons. The van der Waals surface area contributed by atoms with Gasteiger partial charge in [0.15, 0.2) is 0 Å². The molecule has 0 amide bonds. The summed E-state index contributed by atoms with van der Waals surface area (Å²) in [5.74, 6) is 0. The molecule has 0 heterocycles. The van der Waals surface area contributed by atoms with Crippen LogP contribution in [0.1, 0.15) is 57.7 Å². The third-order valence-corrected chi connectivity index (χ3v) is 2.11. The molecule has 0 aliphatic rings. The monoisotopic (exact) mass is 208 g/mol. The summed E-state index contributed by atoms with van der Waals surface area (Å²) in [5.41, 5.74) is 4.27. The van der Waals surface area contributed by atoms with Crippen LogP contribution in [0.5, 0.6) is 0 Å². The first-order chi connectivity index (χ1) is 7.24. The molecule has 0 aliphatic carbocycles. The Labute approximate surface area is 96.7 Å². The first kappa shape index (κ1) is 16.6. The Bertz CT molecular complexity index is 236. The van der Waals surface area contributed by atoms with Crippen molar-refractivity contribution in [2.24, 2.45) is 0 Å². The van der Waals surface area contributed by atoms with E-state index in [2.05, 4.69) is 39.0 Å². The summed E-state index contributed by atoms with van der Waals surface area (Å²) < 4.78 is 0. The predicted octanol–water partition coefficient (Wildman–Crippen LogP) is 5.31. The number of rotatable bonds is 2. The molecule has 0 aromatic heterocycles. The molecule has 0 spiro atoms. The molecule has 1 rings (SSSR count). The van der Waals surface area contributed by atoms with E-state index in [1.807, 2.05) is 27.7 Å². The second kappa shape index (κ2) is 11.3. The first-order valence-electron chi connectivity index (χ1n) is 6.30. The summed E-state index contributed by atoms with van der Waals surface area (Å²) in [6.45, 7) is 14.6. The lowest BCUT2D eigenvalue weighted by atomic mass is 10.0. The standard InChI is InChI=1S/C11H16.2C2H6/c1-4-5-11-7-6-9(2)10(3)8-11;2*1-2/h6-8H,4-5H2,1-3H3;2*1-2H3. The van der Waals surface area contributed by atoms with Crippen LogP contribution in [0.2, 0.25) is 0 Å². The smallest absolute Gasteiger partial charge is 0.0281 e. The zero-order chi connectivity index (χ0) is 12.3. The Balaban J connectivity index is 0. The van der Waals surface area contributed by atoms with Gasteiger partial charge in [0.2, 0.25) is 0 Å². The minimum Gasteiger partial charge on any atom is -0.0683 e. The van der Waals surface area contributed by atoms with Crippen LogP contribution in [0, 0.1) is 13.8 Å². The van der Waals surface area contributed by atoms with Crippen LogP contribution in [-0.4, -0.2) is 0 Å². The Morgan fingerprint density at radius 3 is 1.80 bits per heavy atom. The zero-order valence-corrected chi connectivity index (χ0v) is 11.6. The summed E-state index contributed by atoms with van der Waals surface area (Å²) in [5, 5.41) is 0. The van der Waals surface area contributed by atoms with Crippen molar-refractivity contribution < 1.29 is 0 Å². The Kier molecular flexibility index (Phi) is 12.5. The fraction of sp³-hybridized carbons (Fsp3) is 0.600. The molecule has 0 unspecified atom stereocenters. The number of aryl methyl sites for hydroxylation is 3. The van der Waals surface area contributed by atoms with Crippen molar-refractivity contribution in [1.82, 2.24) is 0 Å². The molecule has 15 heavy (non-hydrogen) atoms. The maximum absolute atomic E-state index is 2.29. The lowest BCUT2D eigenvalue weighted by Gasteiger charge is -2.02. The van der Waals surface area contributed by atoms with Gasteiger partial charge in [-0.2, -0.15) is 0 Å². The molecule has 88 valence electrons. The minimum absolute atomic E-state index is 1.21. The zero-order valence-electron chi connectivity index (χ0n) is 11.6. The highest BCUT2D eigenvalue weighted by Crippen LogP contribution is 2.10. The van der Waals surface area contributed by atoms with Gasteiger partial charge in [-0.05, 0) is 37.0 Å². The normalized spacial score (nSPS) is 8.20. The van der Waals surface area contributed by atoms with Crippen LogP contribution in [0.3, 0.4) is 0 Å². The van der Waals surface area contributed by atoms with Gasteiger partial charge in [0.25, 0.3) is 0 Å². The van der Waals surface area contributed by atoms with Crippen molar-refractivity contribution in [3.8, 4) is 0 Å². The Morgan fingerprint density at radius 2 is 1.40 bits per heavy atom. The molecule has 0 heteroatoms. The van der Waals surface area contributed by atoms with Crippen molar-refractivity contribution in [3.63, 3.8) is 0 Å². The Hall–Kier alpha value is -0.780. The molecule has 1 aromatic rings. The van der Waals surface area contributed by atoms with E-state index in [0.29, 0.717) is 0 Å². The fourth-order valence-corrected chi connectivity index (χ4v) is 1.25. The molecular weight excluding hydrogens is 180 g/mol. The van der Waals surface area contributed by atoms with Crippen molar-refractivity contribution in [3.05, 3.63) is 34.9 Å². The second-order valence-corrected chi connectivity index (χ2v) is 3.17. The van der Waals surface area contributed by atoms with Gasteiger partial charge in [0, 0.05) is 0 Å². The van der Waals surface area contributed by atoms with Crippen LogP contribution in [0.4, 0.5) is 0 Å². The van der Waals surface area contributed by atoms with Gasteiger partial charge in [0.1, 0.15) is 0 Å². The van der Waals surface area contributed by atoms with Crippen LogP contribution in [0.25, 0.3) is 0 Å². The Morgan fingerprint density at radius 1 is 0.867 bits per heavy atom. The van der Waals surface area contributed by atoms with Crippen molar-refractivity contribution in [2.45, 2.75) is 61.3 Å². The van der Waals surface area contributed by atoms with E-state index in [4.69, 9.17) is 0 Å². The summed E-state index contributed by atoms with van der Waals surface area (Å²) in [6, 6.07) is 6.73. The molecule has 0 nitrogen and oxygen atoms in total. The van der Waals surface area contributed by atoms with E-state index < -0.39 is 0 Å². The van der Waals surface area contributed by atoms with Gasteiger partial charge in [-0.1, -0.05) is 59.2 Å².